The summed E-state index contributed by atoms with van der Waals surface area (Å²) in [6, 6.07) is 5.42. The molecular formula is C11H6Br2N2O. The largest absolute Gasteiger partial charge is 0.287 e. The molecule has 2 rings (SSSR count). The van der Waals surface area contributed by atoms with Crippen molar-refractivity contribution in [3.8, 4) is 0 Å². The van der Waals surface area contributed by atoms with Gasteiger partial charge >= 0.3 is 0 Å². The maximum atomic E-state index is 12.1. The van der Waals surface area contributed by atoms with Crippen molar-refractivity contribution in [1.82, 2.24) is 9.97 Å². The summed E-state index contributed by atoms with van der Waals surface area (Å²) in [4.78, 5) is 19.9. The molecule has 0 N–H and O–H groups in total. The number of benzene rings is 1. The third-order valence-corrected chi connectivity index (χ3v) is 3.15. The van der Waals surface area contributed by atoms with Gasteiger partial charge in [0.05, 0.1) is 6.20 Å². The van der Waals surface area contributed by atoms with Gasteiger partial charge in [-0.25, -0.2) is 4.98 Å². The minimum absolute atomic E-state index is 0.152. The van der Waals surface area contributed by atoms with Crippen molar-refractivity contribution in [2.45, 2.75) is 0 Å². The van der Waals surface area contributed by atoms with Crippen LogP contribution in [0.15, 0.2) is 45.7 Å². The second-order valence-electron chi connectivity index (χ2n) is 3.04. The molecule has 0 spiro atoms. The normalized spacial score (nSPS) is 10.1. The Morgan fingerprint density at radius 2 is 2.00 bits per heavy atom. The van der Waals surface area contributed by atoms with Gasteiger partial charge in [-0.3, -0.25) is 9.78 Å². The van der Waals surface area contributed by atoms with Gasteiger partial charge in [-0.05, 0) is 18.2 Å². The van der Waals surface area contributed by atoms with E-state index < -0.39 is 0 Å². The van der Waals surface area contributed by atoms with Crippen LogP contribution < -0.4 is 0 Å². The van der Waals surface area contributed by atoms with Gasteiger partial charge < -0.3 is 0 Å². The fourth-order valence-corrected chi connectivity index (χ4v) is 2.01. The average molecular weight is 342 g/mol. The molecule has 0 saturated heterocycles. The summed E-state index contributed by atoms with van der Waals surface area (Å²) in [7, 11) is 0. The van der Waals surface area contributed by atoms with E-state index in [0.717, 1.165) is 8.95 Å². The summed E-state index contributed by atoms with van der Waals surface area (Å²) in [5.41, 5.74) is 0.899. The molecule has 0 atom stereocenters. The Labute approximate surface area is 109 Å². The van der Waals surface area contributed by atoms with Gasteiger partial charge in [0.25, 0.3) is 0 Å². The third kappa shape index (κ3) is 2.36. The van der Waals surface area contributed by atoms with Gasteiger partial charge in [0, 0.05) is 26.9 Å². The molecule has 2 aromatic rings. The zero-order chi connectivity index (χ0) is 11.5. The lowest BCUT2D eigenvalue weighted by Crippen LogP contribution is -2.05. The van der Waals surface area contributed by atoms with Crippen molar-refractivity contribution in [1.29, 1.82) is 0 Å². The van der Waals surface area contributed by atoms with Gasteiger partial charge in [-0.15, -0.1) is 0 Å². The van der Waals surface area contributed by atoms with Gasteiger partial charge in [-0.1, -0.05) is 31.9 Å². The topological polar surface area (TPSA) is 42.9 Å². The first kappa shape index (κ1) is 11.4. The molecule has 0 aliphatic rings. The Morgan fingerprint density at radius 3 is 2.69 bits per heavy atom. The van der Waals surface area contributed by atoms with Gasteiger partial charge in [0.1, 0.15) is 5.69 Å². The minimum Gasteiger partial charge on any atom is -0.287 e. The number of ketones is 1. The first-order chi connectivity index (χ1) is 7.68. The highest BCUT2D eigenvalue weighted by Crippen LogP contribution is 2.23. The van der Waals surface area contributed by atoms with Gasteiger partial charge in [-0.2, -0.15) is 0 Å². The van der Waals surface area contributed by atoms with Crippen LogP contribution in [-0.4, -0.2) is 15.8 Å². The summed E-state index contributed by atoms with van der Waals surface area (Å²) in [5.74, 6) is -0.152. The maximum absolute atomic E-state index is 12.1. The zero-order valence-electron chi connectivity index (χ0n) is 8.02. The molecule has 1 aromatic heterocycles. The highest BCUT2D eigenvalue weighted by molar-refractivity contribution is 9.11. The van der Waals surface area contributed by atoms with E-state index in [-0.39, 0.29) is 5.78 Å². The van der Waals surface area contributed by atoms with Gasteiger partial charge in [0.2, 0.25) is 5.78 Å². The lowest BCUT2D eigenvalue weighted by atomic mass is 10.1. The first-order valence-corrected chi connectivity index (χ1v) is 6.03. The first-order valence-electron chi connectivity index (χ1n) is 4.44. The van der Waals surface area contributed by atoms with Crippen molar-refractivity contribution < 1.29 is 4.79 Å². The number of carbonyl (C=O) groups is 1. The molecule has 0 bridgehead atoms. The van der Waals surface area contributed by atoms with Gasteiger partial charge in [0.15, 0.2) is 0 Å². The lowest BCUT2D eigenvalue weighted by Gasteiger charge is -2.03. The Bertz CT molecular complexity index is 529. The molecule has 5 heteroatoms. The van der Waals surface area contributed by atoms with Crippen LogP contribution in [0.5, 0.6) is 0 Å². The molecule has 16 heavy (non-hydrogen) atoms. The Kier molecular flexibility index (Phi) is 3.46. The minimum atomic E-state index is -0.152. The lowest BCUT2D eigenvalue weighted by molar-refractivity contribution is 0.103. The van der Waals surface area contributed by atoms with E-state index in [2.05, 4.69) is 41.8 Å². The van der Waals surface area contributed by atoms with E-state index in [1.165, 1.54) is 18.6 Å². The van der Waals surface area contributed by atoms with Crippen LogP contribution >= 0.6 is 31.9 Å². The second kappa shape index (κ2) is 4.84. The van der Waals surface area contributed by atoms with Crippen molar-refractivity contribution in [3.05, 3.63) is 57.0 Å². The van der Waals surface area contributed by atoms with E-state index in [1.807, 2.05) is 12.1 Å². The van der Waals surface area contributed by atoms with Crippen molar-refractivity contribution in [2.75, 3.05) is 0 Å². The van der Waals surface area contributed by atoms with Crippen molar-refractivity contribution in [3.63, 3.8) is 0 Å². The monoisotopic (exact) mass is 340 g/mol. The van der Waals surface area contributed by atoms with Crippen molar-refractivity contribution >= 4 is 37.6 Å². The van der Waals surface area contributed by atoms with E-state index in [4.69, 9.17) is 0 Å². The predicted octanol–water partition coefficient (Wildman–Crippen LogP) is 3.23. The number of hydrogen-bond acceptors (Lipinski definition) is 3. The summed E-state index contributed by atoms with van der Waals surface area (Å²) in [6.07, 6.45) is 4.49. The molecular weight excluding hydrogens is 336 g/mol. The molecule has 0 aliphatic heterocycles. The van der Waals surface area contributed by atoms with Crippen LogP contribution in [0, 0.1) is 0 Å². The SMILES string of the molecule is O=C(c1cnccn1)c1cc(Br)ccc1Br. The van der Waals surface area contributed by atoms with E-state index in [9.17, 15) is 4.79 Å². The number of nitrogens with zero attached hydrogens (tertiary/aromatic N) is 2. The predicted molar refractivity (Wildman–Crippen MR) is 67.3 cm³/mol. The van der Waals surface area contributed by atoms with Crippen LogP contribution in [0.1, 0.15) is 16.1 Å². The highest BCUT2D eigenvalue weighted by Gasteiger charge is 2.14. The van der Waals surface area contributed by atoms with E-state index >= 15 is 0 Å². The maximum Gasteiger partial charge on any atom is 0.214 e. The molecule has 0 unspecified atom stereocenters. The number of rotatable bonds is 2. The highest BCUT2D eigenvalue weighted by atomic mass is 79.9. The molecule has 0 radical (unpaired) electrons. The van der Waals surface area contributed by atoms with Crippen LogP contribution in [0.4, 0.5) is 0 Å². The molecule has 0 fully saturated rings. The molecule has 80 valence electrons. The zero-order valence-corrected chi connectivity index (χ0v) is 11.2. The summed E-state index contributed by atoms with van der Waals surface area (Å²) in [6.45, 7) is 0. The number of halogens is 2. The Morgan fingerprint density at radius 1 is 1.19 bits per heavy atom. The Hall–Kier alpha value is -1.07. The van der Waals surface area contributed by atoms with E-state index in [0.29, 0.717) is 11.3 Å². The average Bonchev–Trinajstić information content (AvgIpc) is 2.32. The molecule has 1 aromatic carbocycles. The number of aromatic nitrogens is 2. The fraction of sp³-hybridized carbons (Fsp3) is 0. The summed E-state index contributed by atoms with van der Waals surface area (Å²) in [5, 5.41) is 0. The molecule has 0 saturated carbocycles. The fourth-order valence-electron chi connectivity index (χ4n) is 1.23. The Balaban J connectivity index is 2.46. The quantitative estimate of drug-likeness (QED) is 0.787. The molecule has 0 amide bonds. The van der Waals surface area contributed by atoms with Crippen molar-refractivity contribution in [2.24, 2.45) is 0 Å². The van der Waals surface area contributed by atoms with Crippen LogP contribution in [0.25, 0.3) is 0 Å². The second-order valence-corrected chi connectivity index (χ2v) is 4.81. The van der Waals surface area contributed by atoms with E-state index in [1.54, 1.807) is 6.07 Å². The summed E-state index contributed by atoms with van der Waals surface area (Å²) < 4.78 is 1.59. The smallest absolute Gasteiger partial charge is 0.214 e. The summed E-state index contributed by atoms with van der Waals surface area (Å²) >= 11 is 6.67. The standard InChI is InChI=1S/C11H6Br2N2O/c12-7-1-2-9(13)8(5-7)11(16)10-6-14-3-4-15-10/h1-6H. The molecule has 3 nitrogen and oxygen atoms in total. The van der Waals surface area contributed by atoms with Crippen LogP contribution in [-0.2, 0) is 0 Å². The number of carbonyl (C=O) groups excluding carboxylic acids is 1. The molecule has 0 aliphatic carbocycles. The van der Waals surface area contributed by atoms with Crippen LogP contribution in [0.3, 0.4) is 0 Å². The van der Waals surface area contributed by atoms with Crippen LogP contribution in [0.2, 0.25) is 0 Å². The number of hydrogen-bond donors (Lipinski definition) is 0. The third-order valence-electron chi connectivity index (χ3n) is 1.97. The molecule has 1 heterocycles.